The molecule has 18 nitrogen and oxygen atoms in total. The number of hydrogen-bond acceptors (Lipinski definition) is 9. The van der Waals surface area contributed by atoms with E-state index >= 15 is 0 Å². The number of H-pyrrole nitrogens is 1. The Morgan fingerprint density at radius 3 is 2.19 bits per heavy atom. The van der Waals surface area contributed by atoms with Crippen molar-refractivity contribution in [3.05, 3.63) is 36.0 Å². The molecule has 1 aliphatic heterocycles. The number of nitrogens with zero attached hydrogens (tertiary/aromatic N) is 2. The number of para-hydroxylation sites is 1. The topological polar surface area (TPSA) is 292 Å². The maximum atomic E-state index is 14.3. The van der Waals surface area contributed by atoms with Gasteiger partial charge in [0.25, 0.3) is 0 Å². The van der Waals surface area contributed by atoms with Crippen LogP contribution in [-0.4, -0.2) is 119 Å². The smallest absolute Gasteiger partial charge is 0.326 e. The van der Waals surface area contributed by atoms with Crippen molar-refractivity contribution in [2.75, 3.05) is 26.7 Å². The van der Waals surface area contributed by atoms with Gasteiger partial charge in [0, 0.05) is 36.6 Å². The Hall–Kier alpha value is -5.23. The van der Waals surface area contributed by atoms with Crippen LogP contribution in [0.4, 0.5) is 0 Å². The minimum absolute atomic E-state index is 0.0208. The van der Waals surface area contributed by atoms with Crippen molar-refractivity contribution in [1.29, 1.82) is 0 Å². The summed E-state index contributed by atoms with van der Waals surface area (Å²) in [5.74, 6) is -3.93. The van der Waals surface area contributed by atoms with Crippen LogP contribution in [0.1, 0.15) is 91.5 Å². The van der Waals surface area contributed by atoms with Crippen LogP contribution < -0.4 is 43.8 Å². The lowest BCUT2D eigenvalue weighted by Gasteiger charge is -2.33. The van der Waals surface area contributed by atoms with Crippen molar-refractivity contribution in [3.63, 3.8) is 0 Å². The highest BCUT2D eigenvalue weighted by molar-refractivity contribution is 5.97. The van der Waals surface area contributed by atoms with Gasteiger partial charge in [0.1, 0.15) is 30.2 Å². The molecule has 18 heteroatoms. The molecular weight excluding hydrogens is 759 g/mol. The number of carboxylic acid groups (broad SMARTS) is 1. The lowest BCUT2D eigenvalue weighted by Crippen LogP contribution is -2.61. The van der Waals surface area contributed by atoms with Gasteiger partial charge in [-0.15, -0.1) is 0 Å². The van der Waals surface area contributed by atoms with E-state index < -0.39 is 71.3 Å². The van der Waals surface area contributed by atoms with E-state index in [2.05, 4.69) is 36.6 Å². The number of benzene rings is 1. The highest BCUT2D eigenvalue weighted by Gasteiger charge is 2.41. The second kappa shape index (κ2) is 22.8. The predicted molar refractivity (Wildman–Crippen MR) is 227 cm³/mol. The van der Waals surface area contributed by atoms with Crippen LogP contribution in [0, 0.1) is 11.3 Å². The minimum Gasteiger partial charge on any atom is -0.480 e. The number of aliphatic carboxylic acids is 1. The Bertz CT molecular complexity index is 1770. The molecule has 59 heavy (non-hydrogen) atoms. The molecule has 2 heterocycles. The van der Waals surface area contributed by atoms with E-state index in [4.69, 9.17) is 17.2 Å². The number of nitrogens with one attached hydrogen (secondary N) is 6. The summed E-state index contributed by atoms with van der Waals surface area (Å²) >= 11 is 0. The maximum absolute atomic E-state index is 14.3. The van der Waals surface area contributed by atoms with Crippen molar-refractivity contribution in [1.82, 2.24) is 36.5 Å². The van der Waals surface area contributed by atoms with Gasteiger partial charge in [-0.05, 0) is 87.9 Å². The number of fused-ring (bicyclic) bond motifs is 1. The van der Waals surface area contributed by atoms with Crippen molar-refractivity contribution >= 4 is 52.4 Å². The van der Waals surface area contributed by atoms with Crippen molar-refractivity contribution in [3.8, 4) is 0 Å². The number of hydrogen-bond donors (Lipinski definition) is 10. The van der Waals surface area contributed by atoms with Crippen molar-refractivity contribution < 1.29 is 33.9 Å². The average Bonchev–Trinajstić information content (AvgIpc) is 3.83. The summed E-state index contributed by atoms with van der Waals surface area (Å²) < 4.78 is 0. The highest BCUT2D eigenvalue weighted by Crippen LogP contribution is 2.24. The van der Waals surface area contributed by atoms with E-state index in [-0.39, 0.29) is 37.2 Å². The fourth-order valence-corrected chi connectivity index (χ4v) is 7.30. The van der Waals surface area contributed by atoms with Gasteiger partial charge in [-0.25, -0.2) is 4.79 Å². The minimum atomic E-state index is -1.20. The van der Waals surface area contributed by atoms with Crippen molar-refractivity contribution in [2.24, 2.45) is 33.5 Å². The van der Waals surface area contributed by atoms with Crippen LogP contribution in [0.2, 0.25) is 0 Å². The number of aromatic amines is 1. The molecule has 1 fully saturated rings. The first-order valence-corrected chi connectivity index (χ1v) is 20.6. The molecule has 2 aromatic rings. The third-order valence-corrected chi connectivity index (χ3v) is 10.5. The third kappa shape index (κ3) is 14.5. The standard InChI is InChI=1S/C41H67N11O7/c1-24(2)21-31(39(58)59)50-37(56)33(41(3,4)5)51-35(54)30(22-25-23-47-27-14-8-7-13-26(25)27)49-36(55)32-17-12-20-52(32)38(57)29(15-9-10-18-42)48-34(53)28(45-6)16-11-19-46-40(43)44/h7-8,13-14,23-24,28-33,45,47H,9-12,15-22,42H2,1-6H3,(H,48,53)(H,49,55)(H,50,56)(H,51,54)(H,58,59)(H4,43,44,46)/t28-,29-,30-,31+,32-,33+/m0/s1. The molecule has 1 aromatic heterocycles. The van der Waals surface area contributed by atoms with Gasteiger partial charge < -0.3 is 58.8 Å². The lowest BCUT2D eigenvalue weighted by atomic mass is 9.85. The number of amides is 5. The van der Waals surface area contributed by atoms with E-state index in [1.54, 1.807) is 34.0 Å². The van der Waals surface area contributed by atoms with E-state index in [1.807, 2.05) is 38.1 Å². The number of guanidine groups is 1. The number of unbranched alkanes of at least 4 members (excludes halogenated alkanes) is 1. The zero-order chi connectivity index (χ0) is 43.9. The highest BCUT2D eigenvalue weighted by atomic mass is 16.4. The van der Waals surface area contributed by atoms with E-state index in [0.717, 1.165) is 16.5 Å². The van der Waals surface area contributed by atoms with Gasteiger partial charge in [0.05, 0.1) is 6.04 Å². The first-order chi connectivity index (χ1) is 27.9. The Morgan fingerprint density at radius 2 is 1.56 bits per heavy atom. The molecule has 0 unspecified atom stereocenters. The lowest BCUT2D eigenvalue weighted by molar-refractivity contribution is -0.143. The molecule has 5 amide bonds. The van der Waals surface area contributed by atoms with Crippen LogP contribution in [0.5, 0.6) is 0 Å². The van der Waals surface area contributed by atoms with Crippen molar-refractivity contribution in [2.45, 2.75) is 129 Å². The third-order valence-electron chi connectivity index (χ3n) is 10.5. The van der Waals surface area contributed by atoms with Gasteiger partial charge in [-0.3, -0.25) is 29.0 Å². The summed E-state index contributed by atoms with van der Waals surface area (Å²) in [6.45, 7) is 9.95. The average molecular weight is 826 g/mol. The summed E-state index contributed by atoms with van der Waals surface area (Å²) in [6, 6.07) is 1.49. The molecule has 0 radical (unpaired) electrons. The van der Waals surface area contributed by atoms with Crippen LogP contribution in [-0.2, 0) is 35.2 Å². The monoisotopic (exact) mass is 826 g/mol. The predicted octanol–water partition coefficient (Wildman–Crippen LogP) is 0.588. The number of likely N-dealkylation sites (N-methyl/N-ethyl adjacent to an activating group) is 1. The number of carbonyl (C=O) groups is 6. The number of carbonyl (C=O) groups excluding carboxylic acids is 5. The number of nitrogens with two attached hydrogens (primary N) is 3. The Kier molecular flexibility index (Phi) is 18.6. The summed E-state index contributed by atoms with van der Waals surface area (Å²) in [4.78, 5) is 90.7. The van der Waals surface area contributed by atoms with Gasteiger partial charge in [-0.1, -0.05) is 52.8 Å². The molecule has 0 saturated carbocycles. The molecule has 0 aliphatic carbocycles. The number of aliphatic imine (C=N–C) groups is 1. The van der Waals surface area contributed by atoms with Gasteiger partial charge in [0.15, 0.2) is 5.96 Å². The molecule has 1 aromatic carbocycles. The largest absolute Gasteiger partial charge is 0.480 e. The Morgan fingerprint density at radius 1 is 0.898 bits per heavy atom. The summed E-state index contributed by atoms with van der Waals surface area (Å²) in [6.07, 6.45) is 5.26. The van der Waals surface area contributed by atoms with E-state index in [9.17, 15) is 33.9 Å². The van der Waals surface area contributed by atoms with Crippen LogP contribution >= 0.6 is 0 Å². The SMILES string of the molecule is CN[C@@H](CCCN=C(N)N)C(=O)N[C@@H](CCCCN)C(=O)N1CCC[C@H]1C(=O)N[C@@H](Cc1c[nH]c2ccccc12)C(=O)N[C@H](C(=O)N[C@H](CC(C)C)C(=O)O)C(C)(C)C. The summed E-state index contributed by atoms with van der Waals surface area (Å²) in [7, 11) is 1.65. The fourth-order valence-electron chi connectivity index (χ4n) is 7.30. The normalized spacial score (nSPS) is 16.7. The van der Waals surface area contributed by atoms with Crippen LogP contribution in [0.15, 0.2) is 35.5 Å². The number of aromatic nitrogens is 1. The van der Waals surface area contributed by atoms with Gasteiger partial charge >= 0.3 is 5.97 Å². The molecule has 6 atom stereocenters. The van der Waals surface area contributed by atoms with E-state index in [0.29, 0.717) is 58.0 Å². The molecule has 328 valence electrons. The van der Waals surface area contributed by atoms with E-state index in [1.165, 1.54) is 4.90 Å². The van der Waals surface area contributed by atoms with Crippen LogP contribution in [0.25, 0.3) is 10.9 Å². The second-order valence-electron chi connectivity index (χ2n) is 16.8. The fraction of sp³-hybridized carbons (Fsp3) is 0.634. The Labute approximate surface area is 347 Å². The maximum Gasteiger partial charge on any atom is 0.326 e. The molecule has 13 N–H and O–H groups in total. The molecule has 3 rings (SSSR count). The van der Waals surface area contributed by atoms with Gasteiger partial charge in [0.2, 0.25) is 29.5 Å². The number of carboxylic acids is 1. The number of likely N-dealkylation sites (tertiary alicyclic amines) is 1. The molecule has 1 aliphatic rings. The molecule has 1 saturated heterocycles. The second-order valence-corrected chi connectivity index (χ2v) is 16.8. The molecule has 0 bridgehead atoms. The van der Waals surface area contributed by atoms with Crippen LogP contribution in [0.3, 0.4) is 0 Å². The quantitative estimate of drug-likeness (QED) is 0.0420. The summed E-state index contributed by atoms with van der Waals surface area (Å²) in [5, 5.41) is 24.9. The first-order valence-electron chi connectivity index (χ1n) is 20.6. The molecule has 0 spiro atoms. The summed E-state index contributed by atoms with van der Waals surface area (Å²) in [5.41, 5.74) is 17.3. The molecular formula is C41H67N11O7. The van der Waals surface area contributed by atoms with Gasteiger partial charge in [-0.2, -0.15) is 0 Å². The zero-order valence-corrected chi connectivity index (χ0v) is 35.4. The Balaban J connectivity index is 1.89. The first kappa shape index (κ1) is 48.1. The zero-order valence-electron chi connectivity index (χ0n) is 35.4. The number of rotatable bonds is 23.